The van der Waals surface area contributed by atoms with Gasteiger partial charge < -0.3 is 20.4 Å². The van der Waals surface area contributed by atoms with Crippen LogP contribution >= 0.6 is 0 Å². The van der Waals surface area contributed by atoms with Crippen LogP contribution in [0.1, 0.15) is 90.4 Å². The van der Waals surface area contributed by atoms with Crippen molar-refractivity contribution in [1.29, 1.82) is 0 Å². The van der Waals surface area contributed by atoms with Gasteiger partial charge in [0.2, 0.25) is 11.8 Å². The lowest BCUT2D eigenvalue weighted by atomic mass is 10.1. The first-order valence-electron chi connectivity index (χ1n) is 14.8. The van der Waals surface area contributed by atoms with Crippen LogP contribution in [0.5, 0.6) is 0 Å². The zero-order valence-corrected chi connectivity index (χ0v) is 24.1. The molecule has 1 saturated heterocycles. The van der Waals surface area contributed by atoms with Gasteiger partial charge in [0, 0.05) is 25.9 Å². The molecule has 0 aromatic rings. The number of nitrogens with zero attached hydrogens (tertiary/aromatic N) is 1. The summed E-state index contributed by atoms with van der Waals surface area (Å²) in [6.07, 6.45) is 35.9. The molecule has 1 fully saturated rings. The minimum Gasteiger partial charge on any atom is -0.394 e. The minimum atomic E-state index is -0.533. The second-order valence-corrected chi connectivity index (χ2v) is 9.89. The third-order valence-electron chi connectivity index (χ3n) is 6.45. The van der Waals surface area contributed by atoms with Crippen molar-refractivity contribution in [3.63, 3.8) is 0 Å². The van der Waals surface area contributed by atoms with Gasteiger partial charge in [0.1, 0.15) is 0 Å². The van der Waals surface area contributed by atoms with E-state index in [2.05, 4.69) is 85.2 Å². The first kappa shape index (κ1) is 34.3. The van der Waals surface area contributed by atoms with Crippen molar-refractivity contribution in [3.8, 4) is 0 Å². The van der Waals surface area contributed by atoms with E-state index < -0.39 is 6.10 Å². The molecule has 1 aliphatic heterocycles. The van der Waals surface area contributed by atoms with Crippen LogP contribution in [0.4, 0.5) is 0 Å². The van der Waals surface area contributed by atoms with Crippen LogP contribution in [0.2, 0.25) is 0 Å². The molecule has 218 valence electrons. The normalized spacial score (nSPS) is 18.4. The van der Waals surface area contributed by atoms with Crippen LogP contribution < -0.4 is 5.32 Å². The average Bonchev–Trinajstić information content (AvgIpc) is 3.32. The molecule has 0 aromatic carbocycles. The molecule has 39 heavy (non-hydrogen) atoms. The van der Waals surface area contributed by atoms with Crippen molar-refractivity contribution in [2.45, 2.75) is 103 Å². The van der Waals surface area contributed by atoms with Crippen LogP contribution in [0.15, 0.2) is 72.9 Å². The number of carbonyl (C=O) groups excluding carboxylic acids is 2. The number of aliphatic hydroxyl groups is 2. The van der Waals surface area contributed by atoms with Gasteiger partial charge >= 0.3 is 0 Å². The topological polar surface area (TPSA) is 89.9 Å². The van der Waals surface area contributed by atoms with E-state index >= 15 is 0 Å². The lowest BCUT2D eigenvalue weighted by Crippen LogP contribution is -2.37. The molecule has 0 spiro atoms. The van der Waals surface area contributed by atoms with E-state index in [1.165, 1.54) is 0 Å². The Labute approximate surface area is 236 Å². The average molecular weight is 541 g/mol. The number of nitrogens with one attached hydrogen (secondary N) is 1. The highest BCUT2D eigenvalue weighted by molar-refractivity contribution is 5.77. The molecule has 6 nitrogen and oxygen atoms in total. The lowest BCUT2D eigenvalue weighted by Gasteiger charge is -2.22. The van der Waals surface area contributed by atoms with Gasteiger partial charge in [-0.15, -0.1) is 0 Å². The van der Waals surface area contributed by atoms with E-state index in [1.54, 1.807) is 4.90 Å². The smallest absolute Gasteiger partial charge is 0.222 e. The number of hydrogen-bond acceptors (Lipinski definition) is 4. The molecule has 2 amide bonds. The standard InChI is InChI=1S/C33H52N2O4/c1-2-3-4-5-6-7-8-9-10-11-12-13-14-15-16-17-18-19-21-24-32(38)34-26-23-20-22-25-33(39)35-28-31(37)27-30(35)29-36/h3-4,6-7,9-10,12-13,15-16,18-19,30-31,36-37H,2,5,8,11,14,17,20-29H2,1H3,(H,34,38)/b4-3+,7-6+,10-9+,13-12+,16-15+,19-18+/t30-,31+/m0/s1. The number of rotatable bonds is 21. The second kappa shape index (κ2) is 24.3. The number of carbonyl (C=O) groups is 2. The van der Waals surface area contributed by atoms with Gasteiger partial charge in [-0.2, -0.15) is 0 Å². The van der Waals surface area contributed by atoms with E-state index in [0.717, 1.165) is 64.2 Å². The fourth-order valence-corrected chi connectivity index (χ4v) is 4.26. The Balaban J connectivity index is 1.94. The maximum atomic E-state index is 12.3. The molecule has 0 unspecified atom stereocenters. The molecular formula is C33H52N2O4. The Morgan fingerprint density at radius 2 is 1.31 bits per heavy atom. The Hall–Kier alpha value is -2.70. The zero-order chi connectivity index (χ0) is 28.4. The molecule has 1 aliphatic rings. The Kier molecular flexibility index (Phi) is 21.4. The van der Waals surface area contributed by atoms with Crippen LogP contribution in [-0.2, 0) is 9.59 Å². The predicted octanol–water partition coefficient (Wildman–Crippen LogP) is 6.10. The predicted molar refractivity (Wildman–Crippen MR) is 162 cm³/mol. The van der Waals surface area contributed by atoms with Crippen LogP contribution in [0, 0.1) is 0 Å². The maximum absolute atomic E-state index is 12.3. The highest BCUT2D eigenvalue weighted by Crippen LogP contribution is 2.19. The van der Waals surface area contributed by atoms with Crippen molar-refractivity contribution in [2.24, 2.45) is 0 Å². The quantitative estimate of drug-likeness (QED) is 0.121. The van der Waals surface area contributed by atoms with Crippen molar-refractivity contribution in [3.05, 3.63) is 72.9 Å². The van der Waals surface area contributed by atoms with Gasteiger partial charge in [0.05, 0.1) is 18.8 Å². The zero-order valence-electron chi connectivity index (χ0n) is 24.1. The third kappa shape index (κ3) is 19.1. The number of β-amino-alcohol motifs (C(OH)–C–C–N with tert-alkyl or cyclic N) is 1. The monoisotopic (exact) mass is 540 g/mol. The van der Waals surface area contributed by atoms with E-state index in [0.29, 0.717) is 32.4 Å². The Morgan fingerprint density at radius 1 is 0.769 bits per heavy atom. The van der Waals surface area contributed by atoms with Crippen LogP contribution in [-0.4, -0.2) is 58.8 Å². The molecule has 6 heteroatoms. The number of aliphatic hydroxyl groups excluding tert-OH is 2. The van der Waals surface area contributed by atoms with Crippen molar-refractivity contribution in [1.82, 2.24) is 10.2 Å². The molecule has 0 aromatic heterocycles. The number of likely N-dealkylation sites (tertiary alicyclic amines) is 1. The Bertz CT molecular complexity index is 826. The van der Waals surface area contributed by atoms with E-state index in [-0.39, 0.29) is 24.5 Å². The van der Waals surface area contributed by atoms with E-state index in [4.69, 9.17) is 0 Å². The summed E-state index contributed by atoms with van der Waals surface area (Å²) in [7, 11) is 0. The summed E-state index contributed by atoms with van der Waals surface area (Å²) in [4.78, 5) is 25.8. The van der Waals surface area contributed by atoms with Gasteiger partial charge in [0.15, 0.2) is 0 Å². The summed E-state index contributed by atoms with van der Waals surface area (Å²) >= 11 is 0. The highest BCUT2D eigenvalue weighted by atomic mass is 16.3. The number of allylic oxidation sites excluding steroid dienone is 12. The summed E-state index contributed by atoms with van der Waals surface area (Å²) in [6, 6.07) is -0.257. The summed E-state index contributed by atoms with van der Waals surface area (Å²) in [5.74, 6) is 0.0495. The summed E-state index contributed by atoms with van der Waals surface area (Å²) in [5.41, 5.74) is 0. The molecular weight excluding hydrogens is 488 g/mol. The highest BCUT2D eigenvalue weighted by Gasteiger charge is 2.33. The second-order valence-electron chi connectivity index (χ2n) is 9.89. The summed E-state index contributed by atoms with van der Waals surface area (Å²) < 4.78 is 0. The lowest BCUT2D eigenvalue weighted by molar-refractivity contribution is -0.133. The van der Waals surface area contributed by atoms with Crippen molar-refractivity contribution in [2.75, 3.05) is 19.7 Å². The first-order chi connectivity index (χ1) is 19.1. The molecule has 1 heterocycles. The van der Waals surface area contributed by atoms with Gasteiger partial charge in [-0.05, 0) is 64.2 Å². The number of unbranched alkanes of at least 4 members (excludes halogenated alkanes) is 2. The number of amides is 2. The summed E-state index contributed by atoms with van der Waals surface area (Å²) in [6.45, 7) is 2.98. The Morgan fingerprint density at radius 3 is 1.85 bits per heavy atom. The molecule has 3 N–H and O–H groups in total. The largest absolute Gasteiger partial charge is 0.394 e. The SMILES string of the molecule is CC/C=C/C/C=C/C/C=C/C/C=C/C/C=C/C/C=C/CCC(=O)NCCCCCC(=O)N1C[C@H](O)C[C@H]1CO. The van der Waals surface area contributed by atoms with Crippen LogP contribution in [0.3, 0.4) is 0 Å². The minimum absolute atomic E-state index is 0.00833. The first-order valence-corrected chi connectivity index (χ1v) is 14.8. The molecule has 0 bridgehead atoms. The fourth-order valence-electron chi connectivity index (χ4n) is 4.26. The van der Waals surface area contributed by atoms with Gasteiger partial charge in [0.25, 0.3) is 0 Å². The summed E-state index contributed by atoms with van der Waals surface area (Å²) in [5, 5.41) is 22.0. The van der Waals surface area contributed by atoms with E-state index in [1.807, 2.05) is 0 Å². The molecule has 2 atom stereocenters. The number of hydrogen-bond donors (Lipinski definition) is 3. The maximum Gasteiger partial charge on any atom is 0.222 e. The molecule has 0 saturated carbocycles. The molecule has 0 aliphatic carbocycles. The van der Waals surface area contributed by atoms with Crippen molar-refractivity contribution < 1.29 is 19.8 Å². The van der Waals surface area contributed by atoms with Gasteiger partial charge in [-0.25, -0.2) is 0 Å². The third-order valence-corrected chi connectivity index (χ3v) is 6.45. The fraction of sp³-hybridized carbons (Fsp3) is 0.576. The van der Waals surface area contributed by atoms with Gasteiger partial charge in [-0.1, -0.05) is 86.3 Å². The molecule has 0 radical (unpaired) electrons. The van der Waals surface area contributed by atoms with Gasteiger partial charge in [-0.3, -0.25) is 9.59 Å². The molecule has 1 rings (SSSR count). The van der Waals surface area contributed by atoms with Crippen molar-refractivity contribution >= 4 is 11.8 Å². The van der Waals surface area contributed by atoms with E-state index in [9.17, 15) is 19.8 Å². The van der Waals surface area contributed by atoms with Crippen LogP contribution in [0.25, 0.3) is 0 Å².